The number of aryl methyl sites for hydroxylation is 2. The Kier molecular flexibility index (Phi) is 5.59. The second-order valence-electron chi connectivity index (χ2n) is 6.27. The van der Waals surface area contributed by atoms with Gasteiger partial charge in [-0.1, -0.05) is 30.0 Å². The molecule has 29 heavy (non-hydrogen) atoms. The van der Waals surface area contributed by atoms with E-state index < -0.39 is 5.97 Å². The van der Waals surface area contributed by atoms with E-state index in [0.717, 1.165) is 17.0 Å². The van der Waals surface area contributed by atoms with Gasteiger partial charge in [-0.25, -0.2) is 19.3 Å². The SMILES string of the molecule is Cc1cc(C)n2nc(SCc3ccccc3C(=O)Oc3cccnc3Br)nc2n1. The average molecular weight is 470 g/mol. The van der Waals surface area contributed by atoms with E-state index in [1.54, 1.807) is 28.9 Å². The maximum Gasteiger partial charge on any atom is 0.343 e. The fraction of sp³-hybridized carbons (Fsp3) is 0.150. The Labute approximate surface area is 179 Å². The van der Waals surface area contributed by atoms with E-state index in [0.29, 0.717) is 32.6 Å². The summed E-state index contributed by atoms with van der Waals surface area (Å²) in [6.07, 6.45) is 1.62. The fourth-order valence-electron chi connectivity index (χ4n) is 2.80. The van der Waals surface area contributed by atoms with Gasteiger partial charge < -0.3 is 4.74 Å². The van der Waals surface area contributed by atoms with E-state index in [-0.39, 0.29) is 0 Å². The van der Waals surface area contributed by atoms with Gasteiger partial charge in [0.25, 0.3) is 5.78 Å². The van der Waals surface area contributed by atoms with Gasteiger partial charge in [0.1, 0.15) is 4.60 Å². The highest BCUT2D eigenvalue weighted by atomic mass is 79.9. The lowest BCUT2D eigenvalue weighted by Gasteiger charge is -2.09. The lowest BCUT2D eigenvalue weighted by Crippen LogP contribution is -2.11. The molecule has 0 radical (unpaired) electrons. The third kappa shape index (κ3) is 4.30. The molecule has 0 aliphatic rings. The largest absolute Gasteiger partial charge is 0.420 e. The Bertz CT molecular complexity index is 1210. The number of fused-ring (bicyclic) bond motifs is 1. The maximum absolute atomic E-state index is 12.7. The van der Waals surface area contributed by atoms with E-state index in [2.05, 4.69) is 36.0 Å². The molecule has 4 rings (SSSR count). The van der Waals surface area contributed by atoms with Gasteiger partial charge in [-0.3, -0.25) is 0 Å². The van der Waals surface area contributed by atoms with Crippen molar-refractivity contribution in [1.82, 2.24) is 24.6 Å². The molecule has 0 unspecified atom stereocenters. The van der Waals surface area contributed by atoms with Crippen molar-refractivity contribution < 1.29 is 9.53 Å². The number of nitrogens with zero attached hydrogens (tertiary/aromatic N) is 5. The molecule has 0 spiro atoms. The Balaban J connectivity index is 1.54. The Morgan fingerprint density at radius 1 is 1.17 bits per heavy atom. The first-order valence-corrected chi connectivity index (χ1v) is 10.5. The molecule has 7 nitrogen and oxygen atoms in total. The molecule has 0 N–H and O–H groups in total. The van der Waals surface area contributed by atoms with Crippen molar-refractivity contribution in [3.05, 3.63) is 75.8 Å². The van der Waals surface area contributed by atoms with E-state index in [9.17, 15) is 4.79 Å². The summed E-state index contributed by atoms with van der Waals surface area (Å²) in [6.45, 7) is 3.89. The molecule has 4 aromatic rings. The number of halogens is 1. The van der Waals surface area contributed by atoms with Gasteiger partial charge in [-0.2, -0.15) is 4.98 Å². The van der Waals surface area contributed by atoms with Gasteiger partial charge in [-0.15, -0.1) is 5.10 Å². The second-order valence-corrected chi connectivity index (χ2v) is 7.97. The highest BCUT2D eigenvalue weighted by Crippen LogP contribution is 2.26. The number of hydrogen-bond acceptors (Lipinski definition) is 7. The molecule has 0 aliphatic heterocycles. The number of rotatable bonds is 5. The zero-order valence-electron chi connectivity index (χ0n) is 15.7. The van der Waals surface area contributed by atoms with Gasteiger partial charge in [0.15, 0.2) is 5.75 Å². The monoisotopic (exact) mass is 469 g/mol. The number of carbonyl (C=O) groups is 1. The quantitative estimate of drug-likeness (QED) is 0.243. The molecule has 0 atom stereocenters. The topological polar surface area (TPSA) is 82.3 Å². The minimum atomic E-state index is -0.439. The molecule has 1 aromatic carbocycles. The summed E-state index contributed by atoms with van der Waals surface area (Å²) in [5.74, 6) is 1.03. The standard InChI is InChI=1S/C20H16BrN5O2S/c1-12-10-13(2)26-19(23-12)24-20(25-26)29-11-14-6-3-4-7-15(14)18(27)28-16-8-5-9-22-17(16)21/h3-10H,11H2,1-2H3. The minimum Gasteiger partial charge on any atom is -0.420 e. The number of thioether (sulfide) groups is 1. The van der Waals surface area contributed by atoms with Crippen LogP contribution in [-0.4, -0.2) is 30.5 Å². The van der Waals surface area contributed by atoms with Crippen molar-refractivity contribution in [2.75, 3.05) is 0 Å². The lowest BCUT2D eigenvalue weighted by atomic mass is 10.1. The van der Waals surface area contributed by atoms with E-state index in [4.69, 9.17) is 4.74 Å². The van der Waals surface area contributed by atoms with Gasteiger partial charge in [0.05, 0.1) is 5.56 Å². The molecule has 0 saturated heterocycles. The van der Waals surface area contributed by atoms with Crippen LogP contribution in [0.5, 0.6) is 5.75 Å². The zero-order valence-corrected chi connectivity index (χ0v) is 18.1. The summed E-state index contributed by atoms with van der Waals surface area (Å²) in [6, 6.07) is 12.7. The van der Waals surface area contributed by atoms with Crippen molar-refractivity contribution in [3.63, 3.8) is 0 Å². The van der Waals surface area contributed by atoms with Crippen LogP contribution in [0, 0.1) is 13.8 Å². The molecule has 3 aromatic heterocycles. The summed E-state index contributed by atoms with van der Waals surface area (Å²) in [4.78, 5) is 25.6. The van der Waals surface area contributed by atoms with Gasteiger partial charge >= 0.3 is 5.97 Å². The average Bonchev–Trinajstić information content (AvgIpc) is 3.11. The van der Waals surface area contributed by atoms with Crippen LogP contribution in [0.4, 0.5) is 0 Å². The fourth-order valence-corrected chi connectivity index (χ4v) is 3.95. The number of esters is 1. The molecule has 0 aliphatic carbocycles. The lowest BCUT2D eigenvalue weighted by molar-refractivity contribution is 0.0732. The zero-order chi connectivity index (χ0) is 20.4. The van der Waals surface area contributed by atoms with Crippen molar-refractivity contribution in [2.24, 2.45) is 0 Å². The first-order valence-electron chi connectivity index (χ1n) is 8.75. The number of ether oxygens (including phenoxy) is 1. The third-order valence-electron chi connectivity index (χ3n) is 4.12. The summed E-state index contributed by atoms with van der Waals surface area (Å²) in [7, 11) is 0. The van der Waals surface area contributed by atoms with Crippen LogP contribution in [0.25, 0.3) is 5.78 Å². The van der Waals surface area contributed by atoms with E-state index in [1.807, 2.05) is 38.1 Å². The highest BCUT2D eigenvalue weighted by Gasteiger charge is 2.16. The Morgan fingerprint density at radius 2 is 2.00 bits per heavy atom. The van der Waals surface area contributed by atoms with Crippen LogP contribution in [0.3, 0.4) is 0 Å². The molecule has 146 valence electrons. The molecule has 0 saturated carbocycles. The number of hydrogen-bond donors (Lipinski definition) is 0. The van der Waals surface area contributed by atoms with Crippen LogP contribution >= 0.6 is 27.7 Å². The molecule has 0 bridgehead atoms. The number of benzene rings is 1. The van der Waals surface area contributed by atoms with Crippen LogP contribution in [0.1, 0.15) is 27.3 Å². The van der Waals surface area contributed by atoms with Crippen molar-refractivity contribution in [1.29, 1.82) is 0 Å². The van der Waals surface area contributed by atoms with Crippen LogP contribution in [0.2, 0.25) is 0 Å². The first kappa shape index (κ1) is 19.5. The molecular formula is C20H16BrN5O2S. The summed E-state index contributed by atoms with van der Waals surface area (Å²) >= 11 is 4.73. The van der Waals surface area contributed by atoms with E-state index in [1.165, 1.54) is 11.8 Å². The molecule has 0 fully saturated rings. The molecule has 3 heterocycles. The van der Waals surface area contributed by atoms with Crippen molar-refractivity contribution in [3.8, 4) is 5.75 Å². The van der Waals surface area contributed by atoms with Crippen molar-refractivity contribution >= 4 is 39.4 Å². The predicted octanol–water partition coefficient (Wildman–Crippen LogP) is 4.41. The van der Waals surface area contributed by atoms with Crippen LogP contribution < -0.4 is 4.74 Å². The first-order chi connectivity index (χ1) is 14.0. The Morgan fingerprint density at radius 3 is 2.83 bits per heavy atom. The molecule has 9 heteroatoms. The van der Waals surface area contributed by atoms with Gasteiger partial charge in [-0.05, 0) is 59.6 Å². The number of pyridine rings is 1. The van der Waals surface area contributed by atoms with Gasteiger partial charge in [0.2, 0.25) is 5.16 Å². The Hall–Kier alpha value is -2.78. The highest BCUT2D eigenvalue weighted by molar-refractivity contribution is 9.10. The van der Waals surface area contributed by atoms with Crippen molar-refractivity contribution in [2.45, 2.75) is 24.8 Å². The summed E-state index contributed by atoms with van der Waals surface area (Å²) in [5.41, 5.74) is 3.19. The normalized spacial score (nSPS) is 11.0. The number of carbonyl (C=O) groups excluding carboxylic acids is 1. The molecular weight excluding hydrogens is 454 g/mol. The molecule has 0 amide bonds. The third-order valence-corrected chi connectivity index (χ3v) is 5.60. The number of aromatic nitrogens is 5. The summed E-state index contributed by atoms with van der Waals surface area (Å²) < 4.78 is 7.69. The van der Waals surface area contributed by atoms with E-state index >= 15 is 0 Å². The maximum atomic E-state index is 12.7. The van der Waals surface area contributed by atoms with Crippen LogP contribution in [-0.2, 0) is 5.75 Å². The smallest absolute Gasteiger partial charge is 0.343 e. The second kappa shape index (κ2) is 8.30. The summed E-state index contributed by atoms with van der Waals surface area (Å²) in [5, 5.41) is 5.10. The predicted molar refractivity (Wildman–Crippen MR) is 113 cm³/mol. The van der Waals surface area contributed by atoms with Crippen LogP contribution in [0.15, 0.2) is 58.4 Å². The minimum absolute atomic E-state index is 0.374. The van der Waals surface area contributed by atoms with Gasteiger partial charge in [0, 0.05) is 23.3 Å².